The molecule has 20 heavy (non-hydrogen) atoms. The van der Waals surface area contributed by atoms with Crippen LogP contribution in [-0.2, 0) is 11.3 Å². The molecule has 2 aromatic rings. The molecule has 0 fully saturated rings. The molecule has 0 atom stereocenters. The number of ether oxygens (including phenoxy) is 2. The van der Waals surface area contributed by atoms with Crippen LogP contribution in [0.2, 0.25) is 10.2 Å². The van der Waals surface area contributed by atoms with E-state index in [1.807, 2.05) is 6.07 Å². The summed E-state index contributed by atoms with van der Waals surface area (Å²) in [6.07, 6.45) is 0. The monoisotopic (exact) mass is 313 g/mol. The Morgan fingerprint density at radius 2 is 1.95 bits per heavy atom. The summed E-state index contributed by atoms with van der Waals surface area (Å²) < 4.78 is 10.1. The van der Waals surface area contributed by atoms with Crippen LogP contribution in [0.3, 0.4) is 0 Å². The molecule has 0 aliphatic heterocycles. The normalized spacial score (nSPS) is 10.4. The Labute approximate surface area is 126 Å². The van der Waals surface area contributed by atoms with Crippen molar-refractivity contribution in [1.82, 2.24) is 9.97 Å². The average Bonchev–Trinajstić information content (AvgIpc) is 2.38. The van der Waals surface area contributed by atoms with Crippen LogP contribution >= 0.6 is 23.2 Å². The van der Waals surface area contributed by atoms with Crippen molar-refractivity contribution in [1.29, 1.82) is 0 Å². The van der Waals surface area contributed by atoms with E-state index < -0.39 is 0 Å². The second-order valence-corrected chi connectivity index (χ2v) is 4.69. The van der Waals surface area contributed by atoms with Gasteiger partial charge in [-0.3, -0.25) is 0 Å². The van der Waals surface area contributed by atoms with Crippen molar-refractivity contribution < 1.29 is 9.47 Å². The molecule has 7 heteroatoms. The van der Waals surface area contributed by atoms with Gasteiger partial charge in [-0.1, -0.05) is 23.2 Å². The van der Waals surface area contributed by atoms with Gasteiger partial charge in [-0.15, -0.1) is 0 Å². The van der Waals surface area contributed by atoms with Crippen LogP contribution in [0.25, 0.3) is 0 Å². The van der Waals surface area contributed by atoms with Crippen molar-refractivity contribution in [3.05, 3.63) is 40.3 Å². The van der Waals surface area contributed by atoms with Crippen LogP contribution < -0.4 is 10.1 Å². The zero-order valence-corrected chi connectivity index (χ0v) is 12.5. The highest BCUT2D eigenvalue weighted by Crippen LogP contribution is 2.28. The summed E-state index contributed by atoms with van der Waals surface area (Å²) in [4.78, 5) is 8.34. The number of anilines is 2. The van der Waals surface area contributed by atoms with Gasteiger partial charge in [0.15, 0.2) is 5.82 Å². The van der Waals surface area contributed by atoms with Crippen molar-refractivity contribution in [2.45, 2.75) is 6.61 Å². The maximum Gasteiger partial charge on any atom is 0.158 e. The molecule has 2 rings (SSSR count). The Morgan fingerprint density at radius 3 is 2.60 bits per heavy atom. The molecule has 5 nitrogen and oxygen atoms in total. The first-order valence-electron chi connectivity index (χ1n) is 5.75. The van der Waals surface area contributed by atoms with E-state index in [4.69, 9.17) is 32.7 Å². The van der Waals surface area contributed by atoms with E-state index in [1.165, 1.54) is 0 Å². The number of hydrogen-bond acceptors (Lipinski definition) is 5. The molecule has 0 bridgehead atoms. The second kappa shape index (κ2) is 6.74. The third kappa shape index (κ3) is 3.72. The third-order valence-electron chi connectivity index (χ3n) is 2.44. The molecule has 0 spiro atoms. The van der Waals surface area contributed by atoms with Gasteiger partial charge in [-0.05, 0) is 18.2 Å². The minimum absolute atomic E-state index is 0.290. The molecule has 0 aliphatic carbocycles. The molecule has 1 N–H and O–H groups in total. The quantitative estimate of drug-likeness (QED) is 0.853. The molecule has 0 amide bonds. The Kier molecular flexibility index (Phi) is 5.00. The van der Waals surface area contributed by atoms with Crippen molar-refractivity contribution in [3.63, 3.8) is 0 Å². The number of halogens is 2. The van der Waals surface area contributed by atoms with Gasteiger partial charge in [0.1, 0.15) is 23.3 Å². The lowest BCUT2D eigenvalue weighted by Crippen LogP contribution is -2.01. The number of nitrogens with one attached hydrogen (secondary N) is 1. The standard InChI is InChI=1S/C13H13Cl2N3O2/c1-19-7-13-17-11(15)6-12(18-13)16-8-3-4-10(20-2)9(14)5-8/h3-6H,7H2,1-2H3,(H,16,17,18). The Hall–Kier alpha value is -1.56. The van der Waals surface area contributed by atoms with Crippen LogP contribution in [0.1, 0.15) is 5.82 Å². The summed E-state index contributed by atoms with van der Waals surface area (Å²) >= 11 is 12.0. The summed E-state index contributed by atoms with van der Waals surface area (Å²) in [6, 6.07) is 6.96. The fourth-order valence-corrected chi connectivity index (χ4v) is 2.07. The first kappa shape index (κ1) is 14.8. The third-order valence-corrected chi connectivity index (χ3v) is 2.93. The first-order valence-corrected chi connectivity index (χ1v) is 6.51. The zero-order valence-electron chi connectivity index (χ0n) is 11.0. The number of rotatable bonds is 5. The fraction of sp³-hybridized carbons (Fsp3) is 0.231. The van der Waals surface area contributed by atoms with Crippen LogP contribution in [0, 0.1) is 0 Å². The molecule has 1 heterocycles. The summed E-state index contributed by atoms with van der Waals surface area (Å²) in [5, 5.41) is 3.96. The Morgan fingerprint density at radius 1 is 1.15 bits per heavy atom. The summed E-state index contributed by atoms with van der Waals surface area (Å²) in [5.41, 5.74) is 0.772. The first-order chi connectivity index (χ1) is 9.62. The van der Waals surface area contributed by atoms with Gasteiger partial charge in [-0.2, -0.15) is 0 Å². The van der Waals surface area contributed by atoms with Gasteiger partial charge in [0, 0.05) is 18.9 Å². The maximum atomic E-state index is 6.06. The minimum atomic E-state index is 0.290. The van der Waals surface area contributed by atoms with E-state index in [0.717, 1.165) is 5.69 Å². The molecule has 0 radical (unpaired) electrons. The second-order valence-electron chi connectivity index (χ2n) is 3.90. The van der Waals surface area contributed by atoms with Crippen LogP contribution in [0.4, 0.5) is 11.5 Å². The van der Waals surface area contributed by atoms with Gasteiger partial charge >= 0.3 is 0 Å². The topological polar surface area (TPSA) is 56.3 Å². The maximum absolute atomic E-state index is 6.06. The van der Waals surface area contributed by atoms with Crippen LogP contribution in [-0.4, -0.2) is 24.2 Å². The lowest BCUT2D eigenvalue weighted by molar-refractivity contribution is 0.178. The average molecular weight is 314 g/mol. The van der Waals surface area contributed by atoms with Gasteiger partial charge < -0.3 is 14.8 Å². The molecular formula is C13H13Cl2N3O2. The fourth-order valence-electron chi connectivity index (χ4n) is 1.61. The smallest absolute Gasteiger partial charge is 0.158 e. The number of aromatic nitrogens is 2. The SMILES string of the molecule is COCc1nc(Cl)cc(Nc2ccc(OC)c(Cl)c2)n1. The summed E-state index contributed by atoms with van der Waals surface area (Å²) in [6.45, 7) is 0.290. The molecule has 0 saturated carbocycles. The van der Waals surface area contributed by atoms with Gasteiger partial charge in [-0.25, -0.2) is 9.97 Å². The molecule has 0 unspecified atom stereocenters. The van der Waals surface area contributed by atoms with Gasteiger partial charge in [0.2, 0.25) is 0 Å². The molecule has 0 aliphatic rings. The van der Waals surface area contributed by atoms with Crippen molar-refractivity contribution >= 4 is 34.7 Å². The van der Waals surface area contributed by atoms with E-state index in [2.05, 4.69) is 15.3 Å². The van der Waals surface area contributed by atoms with Crippen molar-refractivity contribution in [3.8, 4) is 5.75 Å². The highest BCUT2D eigenvalue weighted by atomic mass is 35.5. The molecule has 106 valence electrons. The number of nitrogens with zero attached hydrogens (tertiary/aromatic N) is 2. The largest absolute Gasteiger partial charge is 0.495 e. The lowest BCUT2D eigenvalue weighted by Gasteiger charge is -2.09. The molecular weight excluding hydrogens is 301 g/mol. The van der Waals surface area contributed by atoms with Crippen LogP contribution in [0.15, 0.2) is 24.3 Å². The minimum Gasteiger partial charge on any atom is -0.495 e. The van der Waals surface area contributed by atoms with Crippen molar-refractivity contribution in [2.24, 2.45) is 0 Å². The molecule has 0 saturated heterocycles. The molecule has 1 aromatic carbocycles. The van der Waals surface area contributed by atoms with E-state index >= 15 is 0 Å². The van der Waals surface area contributed by atoms with E-state index in [0.29, 0.717) is 34.2 Å². The predicted octanol–water partition coefficient (Wildman–Crippen LogP) is 3.68. The van der Waals surface area contributed by atoms with Gasteiger partial charge in [0.25, 0.3) is 0 Å². The molecule has 1 aromatic heterocycles. The van der Waals surface area contributed by atoms with Crippen molar-refractivity contribution in [2.75, 3.05) is 19.5 Å². The lowest BCUT2D eigenvalue weighted by atomic mass is 10.3. The van der Waals surface area contributed by atoms with Gasteiger partial charge in [0.05, 0.1) is 12.1 Å². The number of hydrogen-bond donors (Lipinski definition) is 1. The summed E-state index contributed by atoms with van der Waals surface area (Å²) in [5.74, 6) is 1.68. The Balaban J connectivity index is 2.23. The van der Waals surface area contributed by atoms with E-state index in [-0.39, 0.29) is 0 Å². The van der Waals surface area contributed by atoms with Crippen LogP contribution in [0.5, 0.6) is 5.75 Å². The Bertz CT molecular complexity index is 608. The number of methoxy groups -OCH3 is 2. The van der Waals surface area contributed by atoms with E-state index in [1.54, 1.807) is 32.4 Å². The number of benzene rings is 1. The van der Waals surface area contributed by atoms with E-state index in [9.17, 15) is 0 Å². The predicted molar refractivity (Wildman–Crippen MR) is 79.0 cm³/mol. The highest BCUT2D eigenvalue weighted by molar-refractivity contribution is 6.32. The summed E-state index contributed by atoms with van der Waals surface area (Å²) in [7, 11) is 3.14. The zero-order chi connectivity index (χ0) is 14.5. The highest BCUT2D eigenvalue weighted by Gasteiger charge is 2.06.